The lowest BCUT2D eigenvalue weighted by Crippen LogP contribution is -2.35. The van der Waals surface area contributed by atoms with Gasteiger partial charge in [-0.25, -0.2) is 8.42 Å². The first-order valence-electron chi connectivity index (χ1n) is 4.51. The van der Waals surface area contributed by atoms with Crippen LogP contribution in [-0.2, 0) is 9.84 Å². The molecule has 6 nitrogen and oxygen atoms in total. The number of aliphatic hydroxyl groups excluding tert-OH is 1. The van der Waals surface area contributed by atoms with Gasteiger partial charge in [0.25, 0.3) is 0 Å². The van der Waals surface area contributed by atoms with Crippen LogP contribution in [0.15, 0.2) is 4.90 Å². The van der Waals surface area contributed by atoms with Gasteiger partial charge in [-0.2, -0.15) is 4.37 Å². The zero-order chi connectivity index (χ0) is 12.6. The summed E-state index contributed by atoms with van der Waals surface area (Å²) >= 11 is 0.969. The Hall–Kier alpha value is -0.860. The van der Waals surface area contributed by atoms with Gasteiger partial charge < -0.3 is 16.2 Å². The van der Waals surface area contributed by atoms with Crippen LogP contribution in [0.5, 0.6) is 0 Å². The number of aromatic nitrogens is 1. The van der Waals surface area contributed by atoms with E-state index in [1.807, 2.05) is 0 Å². The molecule has 0 atom stereocenters. The summed E-state index contributed by atoms with van der Waals surface area (Å²) in [5.41, 5.74) is 4.88. The number of hydrogen-bond acceptors (Lipinski definition) is 7. The second-order valence-corrected chi connectivity index (χ2v) is 6.89. The molecule has 0 saturated carbocycles. The van der Waals surface area contributed by atoms with Crippen molar-refractivity contribution in [2.24, 2.45) is 0 Å². The molecule has 1 heterocycles. The van der Waals surface area contributed by atoms with Crippen molar-refractivity contribution in [1.29, 1.82) is 0 Å². The van der Waals surface area contributed by atoms with E-state index in [1.54, 1.807) is 13.8 Å². The van der Waals surface area contributed by atoms with E-state index in [0.29, 0.717) is 5.00 Å². The number of nitrogen functional groups attached to an aromatic ring is 1. The van der Waals surface area contributed by atoms with Gasteiger partial charge in [0.1, 0.15) is 9.90 Å². The van der Waals surface area contributed by atoms with Gasteiger partial charge in [0.15, 0.2) is 15.7 Å². The first-order valence-corrected chi connectivity index (χ1v) is 7.18. The van der Waals surface area contributed by atoms with Crippen molar-refractivity contribution in [3.05, 3.63) is 0 Å². The molecule has 0 saturated heterocycles. The second kappa shape index (κ2) is 4.19. The van der Waals surface area contributed by atoms with Crippen LogP contribution < -0.4 is 11.1 Å². The smallest absolute Gasteiger partial charge is 0.182 e. The predicted molar refractivity (Wildman–Crippen MR) is 64.4 cm³/mol. The normalized spacial score (nSPS) is 12.8. The van der Waals surface area contributed by atoms with Crippen molar-refractivity contribution in [2.45, 2.75) is 24.3 Å². The van der Waals surface area contributed by atoms with Gasteiger partial charge in [0.05, 0.1) is 12.1 Å². The molecule has 0 fully saturated rings. The highest BCUT2D eigenvalue weighted by Gasteiger charge is 2.25. The Bertz CT molecular complexity index is 479. The molecule has 0 aliphatic carbocycles. The molecule has 0 spiro atoms. The molecule has 92 valence electrons. The van der Waals surface area contributed by atoms with Crippen molar-refractivity contribution >= 4 is 32.2 Å². The summed E-state index contributed by atoms with van der Waals surface area (Å²) in [5.74, 6) is -0.0104. The minimum atomic E-state index is -3.42. The number of nitrogens with two attached hydrogens (primary N) is 1. The maximum atomic E-state index is 11.5. The van der Waals surface area contributed by atoms with Crippen LogP contribution in [0.1, 0.15) is 13.8 Å². The van der Waals surface area contributed by atoms with E-state index in [0.717, 1.165) is 17.8 Å². The van der Waals surface area contributed by atoms with E-state index < -0.39 is 15.4 Å². The molecule has 0 aliphatic rings. The van der Waals surface area contributed by atoms with Crippen LogP contribution in [0.25, 0.3) is 0 Å². The highest BCUT2D eigenvalue weighted by molar-refractivity contribution is 7.91. The molecule has 0 bridgehead atoms. The molecule has 4 N–H and O–H groups in total. The molecule has 0 amide bonds. The average molecular weight is 265 g/mol. The Labute approximate surface area is 98.6 Å². The fraction of sp³-hybridized carbons (Fsp3) is 0.625. The lowest BCUT2D eigenvalue weighted by atomic mass is 10.1. The van der Waals surface area contributed by atoms with E-state index >= 15 is 0 Å². The van der Waals surface area contributed by atoms with Gasteiger partial charge >= 0.3 is 0 Å². The fourth-order valence-electron chi connectivity index (χ4n) is 1.08. The number of rotatable bonds is 4. The molecule has 0 unspecified atom stereocenters. The summed E-state index contributed by atoms with van der Waals surface area (Å²) in [5, 5.41) is 12.4. The van der Waals surface area contributed by atoms with Crippen molar-refractivity contribution in [3.63, 3.8) is 0 Å². The summed E-state index contributed by atoms with van der Waals surface area (Å²) in [6, 6.07) is 0. The van der Waals surface area contributed by atoms with Crippen LogP contribution in [-0.4, -0.2) is 36.3 Å². The monoisotopic (exact) mass is 265 g/mol. The van der Waals surface area contributed by atoms with Gasteiger partial charge in [0, 0.05) is 6.26 Å². The lowest BCUT2D eigenvalue weighted by Gasteiger charge is -2.23. The Morgan fingerprint density at radius 3 is 2.56 bits per heavy atom. The van der Waals surface area contributed by atoms with E-state index in [2.05, 4.69) is 9.69 Å². The van der Waals surface area contributed by atoms with Gasteiger partial charge in [-0.15, -0.1) is 0 Å². The number of hydrogen-bond donors (Lipinski definition) is 3. The number of aliphatic hydroxyl groups is 1. The van der Waals surface area contributed by atoms with Gasteiger partial charge in [-0.3, -0.25) is 0 Å². The molecule has 1 rings (SSSR count). The Balaban J connectivity index is 3.18. The van der Waals surface area contributed by atoms with Gasteiger partial charge in [-0.05, 0) is 25.4 Å². The Morgan fingerprint density at radius 2 is 2.12 bits per heavy atom. The highest BCUT2D eigenvalue weighted by Crippen LogP contribution is 2.33. The molecule has 8 heteroatoms. The standard InChI is InChI=1S/C8H15N3O3S2/c1-8(2,4-12)10-7-5(16(3,13)14)6(9)11-15-7/h10,12H,4H2,1-3H3,(H2,9,11). The number of sulfone groups is 1. The zero-order valence-electron chi connectivity index (χ0n) is 9.31. The van der Waals surface area contributed by atoms with E-state index in [9.17, 15) is 8.42 Å². The molecule has 0 aromatic carbocycles. The minimum Gasteiger partial charge on any atom is -0.394 e. The van der Waals surface area contributed by atoms with Crippen LogP contribution in [0, 0.1) is 0 Å². The maximum Gasteiger partial charge on any atom is 0.182 e. The maximum absolute atomic E-state index is 11.5. The SMILES string of the molecule is CC(C)(CO)Nc1snc(N)c1S(C)(=O)=O. The quantitative estimate of drug-likeness (QED) is 0.723. The minimum absolute atomic E-state index is 0.000903. The zero-order valence-corrected chi connectivity index (χ0v) is 10.9. The molecular formula is C8H15N3O3S2. The third-order valence-electron chi connectivity index (χ3n) is 1.89. The third kappa shape index (κ3) is 2.83. The summed E-state index contributed by atoms with van der Waals surface area (Å²) in [4.78, 5) is -0.000903. The second-order valence-electron chi connectivity index (χ2n) is 4.17. The van der Waals surface area contributed by atoms with E-state index in [4.69, 9.17) is 10.8 Å². The number of anilines is 2. The van der Waals surface area contributed by atoms with Crippen LogP contribution in [0.3, 0.4) is 0 Å². The topological polar surface area (TPSA) is 105 Å². The molecule has 16 heavy (non-hydrogen) atoms. The first kappa shape index (κ1) is 13.2. The lowest BCUT2D eigenvalue weighted by molar-refractivity contribution is 0.234. The number of nitrogens with one attached hydrogen (secondary N) is 1. The molecule has 1 aromatic rings. The Kier molecular flexibility index (Phi) is 3.46. The Morgan fingerprint density at radius 1 is 1.56 bits per heavy atom. The summed E-state index contributed by atoms with van der Waals surface area (Å²) < 4.78 is 26.8. The number of nitrogens with zero attached hydrogens (tertiary/aromatic N) is 1. The largest absolute Gasteiger partial charge is 0.394 e. The highest BCUT2D eigenvalue weighted by atomic mass is 32.2. The average Bonchev–Trinajstić information content (AvgIpc) is 2.45. The third-order valence-corrected chi connectivity index (χ3v) is 3.95. The van der Waals surface area contributed by atoms with Crippen molar-refractivity contribution in [1.82, 2.24) is 4.37 Å². The summed E-state index contributed by atoms with van der Waals surface area (Å²) in [7, 11) is -3.42. The predicted octanol–water partition coefficient (Wildman–Crippen LogP) is 0.312. The molecule has 1 aromatic heterocycles. The summed E-state index contributed by atoms with van der Waals surface area (Å²) in [6.07, 6.45) is 1.07. The van der Waals surface area contributed by atoms with E-state index in [-0.39, 0.29) is 17.3 Å². The fourth-order valence-corrected chi connectivity index (χ4v) is 3.31. The van der Waals surface area contributed by atoms with Crippen LogP contribution in [0.4, 0.5) is 10.8 Å². The molecular weight excluding hydrogens is 250 g/mol. The van der Waals surface area contributed by atoms with Crippen LogP contribution in [0.2, 0.25) is 0 Å². The van der Waals surface area contributed by atoms with Crippen molar-refractivity contribution in [3.8, 4) is 0 Å². The molecule has 0 aliphatic heterocycles. The van der Waals surface area contributed by atoms with Gasteiger partial charge in [-0.1, -0.05) is 0 Å². The van der Waals surface area contributed by atoms with Crippen molar-refractivity contribution < 1.29 is 13.5 Å². The summed E-state index contributed by atoms with van der Waals surface area (Å²) in [6.45, 7) is 3.36. The van der Waals surface area contributed by atoms with Crippen LogP contribution >= 0.6 is 11.5 Å². The first-order chi connectivity index (χ1) is 7.17. The van der Waals surface area contributed by atoms with Gasteiger partial charge in [0.2, 0.25) is 0 Å². The molecule has 0 radical (unpaired) electrons. The van der Waals surface area contributed by atoms with E-state index in [1.165, 1.54) is 0 Å². The van der Waals surface area contributed by atoms with Crippen molar-refractivity contribution in [2.75, 3.05) is 23.9 Å².